The summed E-state index contributed by atoms with van der Waals surface area (Å²) in [5.41, 5.74) is 0. The summed E-state index contributed by atoms with van der Waals surface area (Å²) in [7, 11) is -3.10. The van der Waals surface area contributed by atoms with E-state index in [9.17, 15) is 8.42 Å². The van der Waals surface area contributed by atoms with E-state index in [-0.39, 0.29) is 17.3 Å². The molecule has 0 aliphatic heterocycles. The highest BCUT2D eigenvalue weighted by Crippen LogP contribution is 2.16. The van der Waals surface area contributed by atoms with Crippen molar-refractivity contribution in [1.82, 2.24) is 4.31 Å². The lowest BCUT2D eigenvalue weighted by atomic mass is 10.3. The van der Waals surface area contributed by atoms with Gasteiger partial charge in [-0.25, -0.2) is 8.42 Å². The van der Waals surface area contributed by atoms with Crippen LogP contribution in [0.2, 0.25) is 0 Å². The summed E-state index contributed by atoms with van der Waals surface area (Å²) in [5.74, 6) is 0. The Morgan fingerprint density at radius 1 is 0.846 bits per heavy atom. The first-order chi connectivity index (χ1) is 5.71. The number of hydrogen-bond donors (Lipinski definition) is 0. The second kappa shape index (κ2) is 4.42. The van der Waals surface area contributed by atoms with Crippen molar-refractivity contribution in [3.8, 4) is 0 Å². The number of rotatable bonds is 4. The molecule has 0 aromatic carbocycles. The predicted molar refractivity (Wildman–Crippen MR) is 56.2 cm³/mol. The van der Waals surface area contributed by atoms with Gasteiger partial charge in [-0.2, -0.15) is 4.31 Å². The van der Waals surface area contributed by atoms with Crippen LogP contribution in [0.1, 0.15) is 41.5 Å². The Labute approximate surface area is 82.2 Å². The van der Waals surface area contributed by atoms with Crippen molar-refractivity contribution >= 4 is 10.0 Å². The summed E-state index contributed by atoms with van der Waals surface area (Å²) >= 11 is 0. The molecule has 0 bridgehead atoms. The fraction of sp³-hybridized carbons (Fsp3) is 1.00. The van der Waals surface area contributed by atoms with Crippen molar-refractivity contribution in [2.24, 2.45) is 0 Å². The Balaban J connectivity index is 4.97. The fourth-order valence-electron chi connectivity index (χ4n) is 1.43. The first-order valence-corrected chi connectivity index (χ1v) is 6.24. The van der Waals surface area contributed by atoms with Gasteiger partial charge in [-0.15, -0.1) is 0 Å². The van der Waals surface area contributed by atoms with Crippen LogP contribution in [0.15, 0.2) is 0 Å². The molecule has 0 N–H and O–H groups in total. The summed E-state index contributed by atoms with van der Waals surface area (Å²) in [4.78, 5) is 0. The summed E-state index contributed by atoms with van der Waals surface area (Å²) in [6.45, 7) is 11.0. The Morgan fingerprint density at radius 2 is 1.15 bits per heavy atom. The Hall–Kier alpha value is -0.0900. The summed E-state index contributed by atoms with van der Waals surface area (Å²) < 4.78 is 25.2. The monoisotopic (exact) mass is 207 g/mol. The molecule has 0 unspecified atom stereocenters. The maximum absolute atomic E-state index is 11.8. The molecule has 0 saturated heterocycles. The van der Waals surface area contributed by atoms with E-state index < -0.39 is 10.0 Å². The van der Waals surface area contributed by atoms with Crippen LogP contribution in [0.4, 0.5) is 0 Å². The van der Waals surface area contributed by atoms with Gasteiger partial charge in [0.2, 0.25) is 10.0 Å². The van der Waals surface area contributed by atoms with Gasteiger partial charge in [0.15, 0.2) is 0 Å². The molecule has 0 fully saturated rings. The molecule has 3 nitrogen and oxygen atoms in total. The Morgan fingerprint density at radius 3 is 1.23 bits per heavy atom. The lowest BCUT2D eigenvalue weighted by molar-refractivity contribution is 0.299. The van der Waals surface area contributed by atoms with Gasteiger partial charge in [-0.05, 0) is 41.5 Å². The minimum atomic E-state index is -3.10. The lowest BCUT2D eigenvalue weighted by Crippen LogP contribution is -2.45. The van der Waals surface area contributed by atoms with Crippen LogP contribution in [0, 0.1) is 0 Å². The van der Waals surface area contributed by atoms with Gasteiger partial charge in [0.05, 0.1) is 5.25 Å². The Bertz CT molecular complexity index is 234. The molecular weight excluding hydrogens is 186 g/mol. The number of sulfonamides is 1. The van der Waals surface area contributed by atoms with Gasteiger partial charge in [-0.3, -0.25) is 0 Å². The molecule has 0 amide bonds. The summed E-state index contributed by atoms with van der Waals surface area (Å²) in [6.07, 6.45) is 0. The largest absolute Gasteiger partial charge is 0.216 e. The molecule has 80 valence electrons. The van der Waals surface area contributed by atoms with E-state index in [1.54, 1.807) is 18.2 Å². The number of hydrogen-bond acceptors (Lipinski definition) is 2. The van der Waals surface area contributed by atoms with Gasteiger partial charge in [-0.1, -0.05) is 0 Å². The van der Waals surface area contributed by atoms with Crippen molar-refractivity contribution in [3.05, 3.63) is 0 Å². The first kappa shape index (κ1) is 12.9. The van der Waals surface area contributed by atoms with Crippen LogP contribution in [-0.2, 0) is 10.0 Å². The van der Waals surface area contributed by atoms with Gasteiger partial charge in [0.25, 0.3) is 0 Å². The third-order valence-corrected chi connectivity index (χ3v) is 4.53. The van der Waals surface area contributed by atoms with Crippen molar-refractivity contribution in [1.29, 1.82) is 0 Å². The molecule has 0 saturated carbocycles. The molecule has 0 aromatic rings. The second-order valence-electron chi connectivity index (χ2n) is 4.11. The van der Waals surface area contributed by atoms with Gasteiger partial charge >= 0.3 is 0 Å². The first-order valence-electron chi connectivity index (χ1n) is 4.73. The van der Waals surface area contributed by atoms with Gasteiger partial charge < -0.3 is 0 Å². The molecule has 0 spiro atoms. The maximum atomic E-state index is 11.8. The topological polar surface area (TPSA) is 37.4 Å². The standard InChI is InChI=1S/C9H21NO2S/c1-7(2)10(8(3)4)13(11,12)9(5)6/h7-9H,1-6H3. The van der Waals surface area contributed by atoms with Gasteiger partial charge in [0, 0.05) is 12.1 Å². The normalized spacial score (nSPS) is 13.7. The maximum Gasteiger partial charge on any atom is 0.216 e. The molecular formula is C9H21NO2S. The predicted octanol–water partition coefficient (Wildman–Crippen LogP) is 1.84. The lowest BCUT2D eigenvalue weighted by Gasteiger charge is -2.31. The van der Waals surface area contributed by atoms with Crippen LogP contribution >= 0.6 is 0 Å². The van der Waals surface area contributed by atoms with Crippen LogP contribution in [0.25, 0.3) is 0 Å². The van der Waals surface area contributed by atoms with E-state index in [4.69, 9.17) is 0 Å². The van der Waals surface area contributed by atoms with Crippen LogP contribution < -0.4 is 0 Å². The smallest absolute Gasteiger partial charge is 0.212 e. The minimum absolute atomic E-state index is 0.0346. The average Bonchev–Trinajstić information content (AvgIpc) is 1.82. The SMILES string of the molecule is CC(C)N(C(C)C)S(=O)(=O)C(C)C. The van der Waals surface area contributed by atoms with Gasteiger partial charge in [0.1, 0.15) is 0 Å². The highest BCUT2D eigenvalue weighted by Gasteiger charge is 2.29. The van der Waals surface area contributed by atoms with Crippen molar-refractivity contribution in [2.75, 3.05) is 0 Å². The third kappa shape index (κ3) is 2.95. The molecule has 0 aliphatic rings. The highest BCUT2D eigenvalue weighted by atomic mass is 32.2. The summed E-state index contributed by atoms with van der Waals surface area (Å²) in [6, 6.07) is 0.0693. The molecule has 0 radical (unpaired) electrons. The Kier molecular flexibility index (Phi) is 4.39. The van der Waals surface area contributed by atoms with E-state index in [0.717, 1.165) is 0 Å². The zero-order valence-corrected chi connectivity index (χ0v) is 10.2. The average molecular weight is 207 g/mol. The minimum Gasteiger partial charge on any atom is -0.212 e. The molecule has 0 aliphatic carbocycles. The molecule has 13 heavy (non-hydrogen) atoms. The molecule has 0 rings (SSSR count). The van der Waals surface area contributed by atoms with Crippen molar-refractivity contribution < 1.29 is 8.42 Å². The van der Waals surface area contributed by atoms with E-state index in [0.29, 0.717) is 0 Å². The quantitative estimate of drug-likeness (QED) is 0.705. The van der Waals surface area contributed by atoms with E-state index in [2.05, 4.69) is 0 Å². The zero-order chi connectivity index (χ0) is 10.8. The van der Waals surface area contributed by atoms with E-state index in [1.165, 1.54) is 0 Å². The third-order valence-electron chi connectivity index (χ3n) is 1.91. The number of nitrogens with zero attached hydrogens (tertiary/aromatic N) is 1. The molecule has 0 atom stereocenters. The second-order valence-corrected chi connectivity index (χ2v) is 6.51. The zero-order valence-electron chi connectivity index (χ0n) is 9.40. The molecule has 0 aromatic heterocycles. The highest BCUT2D eigenvalue weighted by molar-refractivity contribution is 7.89. The molecule has 4 heteroatoms. The molecule has 0 heterocycles. The fourth-order valence-corrected chi connectivity index (χ4v) is 3.09. The van der Waals surface area contributed by atoms with Crippen LogP contribution in [0.3, 0.4) is 0 Å². The van der Waals surface area contributed by atoms with E-state index >= 15 is 0 Å². The summed E-state index contributed by atoms with van der Waals surface area (Å²) in [5, 5.41) is -0.336. The van der Waals surface area contributed by atoms with Crippen molar-refractivity contribution in [2.45, 2.75) is 58.9 Å². The van der Waals surface area contributed by atoms with E-state index in [1.807, 2.05) is 27.7 Å². The van der Waals surface area contributed by atoms with Crippen molar-refractivity contribution in [3.63, 3.8) is 0 Å². The van der Waals surface area contributed by atoms with Crippen LogP contribution in [-0.4, -0.2) is 30.1 Å². The van der Waals surface area contributed by atoms with Crippen LogP contribution in [0.5, 0.6) is 0 Å².